The molecule has 0 unspecified atom stereocenters. The number of cyclic esters (lactones) is 1. The molecule has 0 aromatic rings. The van der Waals surface area contributed by atoms with Crippen molar-refractivity contribution in [3.63, 3.8) is 0 Å². The lowest BCUT2D eigenvalue weighted by molar-refractivity contribution is -0.142. The molecule has 4 nitrogen and oxygen atoms in total. The van der Waals surface area contributed by atoms with Crippen LogP contribution in [-0.4, -0.2) is 34.5 Å². The van der Waals surface area contributed by atoms with Crippen molar-refractivity contribution in [3.05, 3.63) is 36.5 Å². The second kappa shape index (κ2) is 7.84. The first kappa shape index (κ1) is 14.7. The van der Waals surface area contributed by atoms with Crippen molar-refractivity contribution in [3.8, 4) is 0 Å². The molecule has 0 saturated carbocycles. The molecule has 1 aliphatic heterocycles. The van der Waals surface area contributed by atoms with Gasteiger partial charge in [0.25, 0.3) is 0 Å². The van der Waals surface area contributed by atoms with E-state index in [1.54, 1.807) is 18.2 Å². The lowest BCUT2D eigenvalue weighted by Crippen LogP contribution is -2.14. The summed E-state index contributed by atoms with van der Waals surface area (Å²) in [5, 5.41) is 19.1. The number of aliphatic hydroxyl groups excluding tert-OH is 2. The number of esters is 1. The van der Waals surface area contributed by atoms with E-state index >= 15 is 0 Å². The summed E-state index contributed by atoms with van der Waals surface area (Å²) < 4.78 is 5.12. The van der Waals surface area contributed by atoms with Crippen molar-refractivity contribution < 1.29 is 19.7 Å². The van der Waals surface area contributed by atoms with Crippen molar-refractivity contribution in [2.24, 2.45) is 0 Å². The van der Waals surface area contributed by atoms with E-state index in [9.17, 15) is 15.0 Å². The molecule has 1 rings (SSSR count). The summed E-state index contributed by atoms with van der Waals surface area (Å²) in [6.07, 6.45) is 9.71. The van der Waals surface area contributed by atoms with Gasteiger partial charge >= 0.3 is 5.97 Å². The second-order valence-corrected chi connectivity index (χ2v) is 4.37. The van der Waals surface area contributed by atoms with E-state index in [4.69, 9.17) is 4.74 Å². The van der Waals surface area contributed by atoms with Gasteiger partial charge in [0.1, 0.15) is 0 Å². The Bertz CT molecular complexity index is 344. The smallest absolute Gasteiger partial charge is 0.330 e. The molecule has 0 amide bonds. The first-order valence-corrected chi connectivity index (χ1v) is 6.18. The zero-order valence-corrected chi connectivity index (χ0v) is 10.5. The molecule has 1 heterocycles. The molecule has 3 atom stereocenters. The van der Waals surface area contributed by atoms with Crippen molar-refractivity contribution >= 4 is 5.97 Å². The maximum atomic E-state index is 11.4. The Hall–Kier alpha value is -1.39. The minimum Gasteiger partial charge on any atom is -0.460 e. The first-order valence-electron chi connectivity index (χ1n) is 6.18. The highest BCUT2D eigenvalue weighted by atomic mass is 16.5. The van der Waals surface area contributed by atoms with E-state index in [0.29, 0.717) is 12.8 Å². The number of carbonyl (C=O) groups excluding carboxylic acids is 1. The third-order valence-corrected chi connectivity index (χ3v) is 2.61. The molecule has 0 bridgehead atoms. The van der Waals surface area contributed by atoms with E-state index in [-0.39, 0.29) is 6.10 Å². The molecule has 100 valence electrons. The molecular formula is C14H20O4. The van der Waals surface area contributed by atoms with E-state index in [1.807, 2.05) is 6.92 Å². The van der Waals surface area contributed by atoms with Gasteiger partial charge in [0.15, 0.2) is 0 Å². The average Bonchev–Trinajstić information content (AvgIpc) is 2.31. The van der Waals surface area contributed by atoms with Gasteiger partial charge in [-0.05, 0) is 32.3 Å². The quantitative estimate of drug-likeness (QED) is 0.641. The minimum absolute atomic E-state index is 0.186. The Morgan fingerprint density at radius 3 is 2.67 bits per heavy atom. The molecule has 0 aromatic carbocycles. The highest BCUT2D eigenvalue weighted by Gasteiger charge is 2.08. The van der Waals surface area contributed by atoms with Gasteiger partial charge in [0.2, 0.25) is 0 Å². The van der Waals surface area contributed by atoms with Crippen LogP contribution in [0.5, 0.6) is 0 Å². The average molecular weight is 252 g/mol. The lowest BCUT2D eigenvalue weighted by Gasteiger charge is -2.13. The highest BCUT2D eigenvalue weighted by Crippen LogP contribution is 2.09. The maximum absolute atomic E-state index is 11.4. The topological polar surface area (TPSA) is 66.8 Å². The molecule has 4 heteroatoms. The van der Waals surface area contributed by atoms with Crippen molar-refractivity contribution in [1.29, 1.82) is 0 Å². The van der Waals surface area contributed by atoms with Crippen LogP contribution in [0.4, 0.5) is 0 Å². The number of hydrogen-bond donors (Lipinski definition) is 2. The Labute approximate surface area is 107 Å². The summed E-state index contributed by atoms with van der Waals surface area (Å²) in [4.78, 5) is 11.4. The number of hydrogen-bond acceptors (Lipinski definition) is 4. The molecule has 0 fully saturated rings. The molecule has 0 aromatic heterocycles. The summed E-state index contributed by atoms with van der Waals surface area (Å²) in [5.74, 6) is -0.455. The number of carbonyl (C=O) groups is 1. The van der Waals surface area contributed by atoms with Gasteiger partial charge in [-0.1, -0.05) is 24.3 Å². The Balaban J connectivity index is 2.68. The third kappa shape index (κ3) is 6.37. The van der Waals surface area contributed by atoms with E-state index in [2.05, 4.69) is 0 Å². The Morgan fingerprint density at radius 2 is 1.89 bits per heavy atom. The molecule has 18 heavy (non-hydrogen) atoms. The fraction of sp³-hybridized carbons (Fsp3) is 0.500. The first-order chi connectivity index (χ1) is 8.58. The third-order valence-electron chi connectivity index (χ3n) is 2.61. The van der Waals surface area contributed by atoms with Gasteiger partial charge in [-0.3, -0.25) is 0 Å². The highest BCUT2D eigenvalue weighted by molar-refractivity contribution is 5.82. The maximum Gasteiger partial charge on any atom is 0.330 e. The summed E-state index contributed by atoms with van der Waals surface area (Å²) in [6.45, 7) is 1.82. The number of rotatable bonds is 0. The molecule has 0 spiro atoms. The Kier molecular flexibility index (Phi) is 6.39. The lowest BCUT2D eigenvalue weighted by atomic mass is 10.1. The van der Waals surface area contributed by atoms with Crippen LogP contribution < -0.4 is 0 Å². The number of ether oxygens (including phenoxy) is 1. The standard InChI is InChI=1S/C14H20O4/c1-11-5-4-8-12(15)6-2-3-7-13(16)9-10-14(17)18-11/h2-3,6-7,9-13,15-16H,4-5,8H2,1H3/b6-2-,7-3-,10-9-/t11-,12-,13+/m0/s1. The van der Waals surface area contributed by atoms with Crippen molar-refractivity contribution in [2.75, 3.05) is 0 Å². The fourth-order valence-electron chi connectivity index (χ4n) is 1.62. The van der Waals surface area contributed by atoms with Crippen LogP contribution in [0.2, 0.25) is 0 Å². The van der Waals surface area contributed by atoms with Crippen LogP contribution in [0.1, 0.15) is 26.2 Å². The zero-order valence-electron chi connectivity index (χ0n) is 10.5. The van der Waals surface area contributed by atoms with Crippen LogP contribution in [0.15, 0.2) is 36.5 Å². The SMILES string of the molecule is C[C@H]1CCC[C@@H](O)/C=C\C=C/[C@@H](O)/C=C\C(=O)O1. The van der Waals surface area contributed by atoms with E-state index in [0.717, 1.165) is 6.42 Å². The summed E-state index contributed by atoms with van der Waals surface area (Å²) in [7, 11) is 0. The largest absolute Gasteiger partial charge is 0.460 e. The normalized spacial score (nSPS) is 36.2. The second-order valence-electron chi connectivity index (χ2n) is 4.37. The predicted molar refractivity (Wildman–Crippen MR) is 68.8 cm³/mol. The molecule has 1 aliphatic rings. The van der Waals surface area contributed by atoms with Crippen LogP contribution in [0, 0.1) is 0 Å². The summed E-state index contributed by atoms with van der Waals surface area (Å²) in [5.41, 5.74) is 0. The molecule has 0 saturated heterocycles. The van der Waals surface area contributed by atoms with Crippen LogP contribution >= 0.6 is 0 Å². The van der Waals surface area contributed by atoms with Gasteiger partial charge in [0, 0.05) is 6.08 Å². The van der Waals surface area contributed by atoms with Gasteiger partial charge in [0.05, 0.1) is 18.3 Å². The van der Waals surface area contributed by atoms with Gasteiger partial charge in [-0.15, -0.1) is 0 Å². The molecule has 2 N–H and O–H groups in total. The van der Waals surface area contributed by atoms with Crippen LogP contribution in [-0.2, 0) is 9.53 Å². The minimum atomic E-state index is -0.836. The summed E-state index contributed by atoms with van der Waals surface area (Å²) >= 11 is 0. The van der Waals surface area contributed by atoms with Gasteiger partial charge < -0.3 is 14.9 Å². The molecule has 0 radical (unpaired) electrons. The van der Waals surface area contributed by atoms with Gasteiger partial charge in [-0.2, -0.15) is 0 Å². The monoisotopic (exact) mass is 252 g/mol. The van der Waals surface area contributed by atoms with Crippen molar-refractivity contribution in [2.45, 2.75) is 44.5 Å². The summed E-state index contributed by atoms with van der Waals surface area (Å²) in [6, 6.07) is 0. The van der Waals surface area contributed by atoms with E-state index < -0.39 is 18.2 Å². The predicted octanol–water partition coefficient (Wildman–Crippen LogP) is 1.49. The number of allylic oxidation sites excluding steroid dienone is 2. The zero-order chi connectivity index (χ0) is 13.4. The Morgan fingerprint density at radius 1 is 1.17 bits per heavy atom. The molecule has 0 aliphatic carbocycles. The van der Waals surface area contributed by atoms with E-state index in [1.165, 1.54) is 18.2 Å². The number of aliphatic hydroxyl groups is 2. The van der Waals surface area contributed by atoms with Crippen molar-refractivity contribution in [1.82, 2.24) is 0 Å². The van der Waals surface area contributed by atoms with Gasteiger partial charge in [-0.25, -0.2) is 4.79 Å². The van der Waals surface area contributed by atoms with Crippen LogP contribution in [0.25, 0.3) is 0 Å². The molecular weight excluding hydrogens is 232 g/mol. The fourth-order valence-corrected chi connectivity index (χ4v) is 1.62. The van der Waals surface area contributed by atoms with Crippen LogP contribution in [0.3, 0.4) is 0 Å².